The second-order valence-electron chi connectivity index (χ2n) is 5.09. The molecule has 112 valence electrons. The van der Waals surface area contributed by atoms with Gasteiger partial charge in [-0.3, -0.25) is 0 Å². The lowest BCUT2D eigenvalue weighted by Crippen LogP contribution is -2.16. The average Bonchev–Trinajstić information content (AvgIpc) is 2.47. The number of ether oxygens (including phenoxy) is 1. The molecule has 0 bridgehead atoms. The predicted molar refractivity (Wildman–Crippen MR) is 87.2 cm³/mol. The largest absolute Gasteiger partial charge is 0.497 e. The van der Waals surface area contributed by atoms with Crippen LogP contribution in [-0.4, -0.2) is 19.3 Å². The first-order chi connectivity index (χ1) is 10.0. The Morgan fingerprint density at radius 2 is 1.86 bits per heavy atom. The summed E-state index contributed by atoms with van der Waals surface area (Å²) >= 11 is 6.21. The van der Waals surface area contributed by atoms with Crippen molar-refractivity contribution in [2.45, 2.75) is 19.6 Å². The van der Waals surface area contributed by atoms with Crippen molar-refractivity contribution in [2.75, 3.05) is 19.1 Å². The molecule has 0 radical (unpaired) electrons. The second kappa shape index (κ2) is 6.83. The monoisotopic (exact) mass is 305 g/mol. The van der Waals surface area contributed by atoms with Crippen molar-refractivity contribution >= 4 is 17.3 Å². The van der Waals surface area contributed by atoms with Gasteiger partial charge in [-0.2, -0.15) is 0 Å². The molecule has 0 spiro atoms. The van der Waals surface area contributed by atoms with Gasteiger partial charge in [0.25, 0.3) is 0 Å². The minimum Gasteiger partial charge on any atom is -0.497 e. The molecule has 0 saturated heterocycles. The minimum absolute atomic E-state index is 0.557. The molecule has 2 aromatic carbocycles. The molecule has 1 N–H and O–H groups in total. The summed E-state index contributed by atoms with van der Waals surface area (Å²) in [6, 6.07) is 13.7. The van der Waals surface area contributed by atoms with Crippen LogP contribution in [0, 0.1) is 0 Å². The summed E-state index contributed by atoms with van der Waals surface area (Å²) in [7, 11) is 3.67. The van der Waals surface area contributed by atoms with Gasteiger partial charge in [0.2, 0.25) is 0 Å². The second-order valence-corrected chi connectivity index (χ2v) is 5.49. The van der Waals surface area contributed by atoms with Gasteiger partial charge in [-0.1, -0.05) is 29.8 Å². The number of aliphatic hydroxyl groups excluding tert-OH is 1. The third-order valence-electron chi connectivity index (χ3n) is 3.45. The smallest absolute Gasteiger partial charge is 0.118 e. The highest BCUT2D eigenvalue weighted by Crippen LogP contribution is 2.28. The molecule has 3 nitrogen and oxygen atoms in total. The van der Waals surface area contributed by atoms with E-state index in [2.05, 4.69) is 4.90 Å². The van der Waals surface area contributed by atoms with E-state index in [-0.39, 0.29) is 0 Å². The molecule has 0 aliphatic heterocycles. The quantitative estimate of drug-likeness (QED) is 0.905. The Kier molecular flexibility index (Phi) is 5.10. The fourth-order valence-corrected chi connectivity index (χ4v) is 2.52. The van der Waals surface area contributed by atoms with E-state index in [4.69, 9.17) is 16.3 Å². The molecular formula is C17H20ClNO2. The first-order valence-electron chi connectivity index (χ1n) is 6.83. The van der Waals surface area contributed by atoms with Crippen LogP contribution < -0.4 is 9.64 Å². The summed E-state index contributed by atoms with van der Waals surface area (Å²) in [4.78, 5) is 2.11. The van der Waals surface area contributed by atoms with Crippen molar-refractivity contribution < 1.29 is 9.84 Å². The maximum Gasteiger partial charge on any atom is 0.118 e. The number of aliphatic hydroxyl groups is 1. The van der Waals surface area contributed by atoms with E-state index in [1.54, 1.807) is 14.0 Å². The molecular weight excluding hydrogens is 286 g/mol. The zero-order valence-corrected chi connectivity index (χ0v) is 13.3. The van der Waals surface area contributed by atoms with Gasteiger partial charge < -0.3 is 14.7 Å². The Morgan fingerprint density at radius 3 is 2.38 bits per heavy atom. The Hall–Kier alpha value is -1.71. The Labute approximate surface area is 130 Å². The van der Waals surface area contributed by atoms with Crippen LogP contribution >= 0.6 is 11.6 Å². The molecule has 0 aliphatic rings. The summed E-state index contributed by atoms with van der Waals surface area (Å²) < 4.78 is 5.16. The summed E-state index contributed by atoms with van der Waals surface area (Å²) in [5.74, 6) is 0.853. The maximum atomic E-state index is 9.61. The summed E-state index contributed by atoms with van der Waals surface area (Å²) in [6.45, 7) is 2.48. The molecule has 21 heavy (non-hydrogen) atoms. The third kappa shape index (κ3) is 3.90. The lowest BCUT2D eigenvalue weighted by molar-refractivity contribution is 0.199. The number of hydrogen-bond acceptors (Lipinski definition) is 3. The predicted octanol–water partition coefficient (Wildman–Crippen LogP) is 4.04. The third-order valence-corrected chi connectivity index (χ3v) is 3.78. The first kappa shape index (κ1) is 15.7. The standard InChI is InChI=1S/C17H20ClNO2/c1-12(20)16-9-6-14(10-17(16)18)19(2)11-13-4-7-15(21-3)8-5-13/h4-10,12,20H,11H2,1-3H3. The van der Waals surface area contributed by atoms with Crippen molar-refractivity contribution in [1.29, 1.82) is 0 Å². The van der Waals surface area contributed by atoms with E-state index >= 15 is 0 Å². The van der Waals surface area contributed by atoms with Crippen LogP contribution in [0.4, 0.5) is 5.69 Å². The lowest BCUT2D eigenvalue weighted by atomic mass is 10.1. The number of rotatable bonds is 5. The van der Waals surface area contributed by atoms with Crippen LogP contribution in [0.2, 0.25) is 5.02 Å². The van der Waals surface area contributed by atoms with Crippen molar-refractivity contribution in [3.63, 3.8) is 0 Å². The van der Waals surface area contributed by atoms with Crippen LogP contribution in [0.25, 0.3) is 0 Å². The molecule has 1 unspecified atom stereocenters. The summed E-state index contributed by atoms with van der Waals surface area (Å²) in [5.41, 5.74) is 2.95. The van der Waals surface area contributed by atoms with Gasteiger partial charge in [0.15, 0.2) is 0 Å². The van der Waals surface area contributed by atoms with Crippen LogP contribution in [0.15, 0.2) is 42.5 Å². The van der Waals surface area contributed by atoms with Gasteiger partial charge in [-0.25, -0.2) is 0 Å². The Morgan fingerprint density at radius 1 is 1.19 bits per heavy atom. The number of nitrogens with zero attached hydrogens (tertiary/aromatic N) is 1. The van der Waals surface area contributed by atoms with Crippen molar-refractivity contribution in [2.24, 2.45) is 0 Å². The number of methoxy groups -OCH3 is 1. The molecule has 0 saturated carbocycles. The van der Waals surface area contributed by atoms with Crippen LogP contribution in [0.5, 0.6) is 5.75 Å². The molecule has 0 aromatic heterocycles. The van der Waals surface area contributed by atoms with E-state index in [1.807, 2.05) is 49.5 Å². The Balaban J connectivity index is 2.12. The zero-order chi connectivity index (χ0) is 15.4. The van der Waals surface area contributed by atoms with Crippen molar-refractivity contribution in [1.82, 2.24) is 0 Å². The lowest BCUT2D eigenvalue weighted by Gasteiger charge is -2.21. The maximum absolute atomic E-state index is 9.61. The van der Waals surface area contributed by atoms with Gasteiger partial charge >= 0.3 is 0 Å². The van der Waals surface area contributed by atoms with Crippen molar-refractivity contribution in [3.8, 4) is 5.75 Å². The van der Waals surface area contributed by atoms with E-state index in [1.165, 1.54) is 5.56 Å². The highest BCUT2D eigenvalue weighted by atomic mass is 35.5. The molecule has 2 aromatic rings. The first-order valence-corrected chi connectivity index (χ1v) is 7.20. The van der Waals surface area contributed by atoms with Crippen LogP contribution in [-0.2, 0) is 6.54 Å². The molecule has 0 aliphatic carbocycles. The summed E-state index contributed by atoms with van der Waals surface area (Å²) in [5, 5.41) is 10.2. The molecule has 0 heterocycles. The SMILES string of the molecule is COc1ccc(CN(C)c2ccc(C(C)O)c(Cl)c2)cc1. The fraction of sp³-hybridized carbons (Fsp3) is 0.294. The molecule has 0 fully saturated rings. The number of hydrogen-bond donors (Lipinski definition) is 1. The number of anilines is 1. The van der Waals surface area contributed by atoms with E-state index in [9.17, 15) is 5.11 Å². The molecule has 2 rings (SSSR count). The van der Waals surface area contributed by atoms with E-state index < -0.39 is 6.10 Å². The molecule has 4 heteroatoms. The minimum atomic E-state index is -0.557. The van der Waals surface area contributed by atoms with Gasteiger partial charge in [-0.15, -0.1) is 0 Å². The van der Waals surface area contributed by atoms with Crippen LogP contribution in [0.1, 0.15) is 24.2 Å². The van der Waals surface area contributed by atoms with Crippen molar-refractivity contribution in [3.05, 3.63) is 58.6 Å². The van der Waals surface area contributed by atoms with Gasteiger partial charge in [0.05, 0.1) is 13.2 Å². The Bertz CT molecular complexity index is 596. The zero-order valence-electron chi connectivity index (χ0n) is 12.5. The van der Waals surface area contributed by atoms with Gasteiger partial charge in [0.1, 0.15) is 5.75 Å². The highest BCUT2D eigenvalue weighted by Gasteiger charge is 2.09. The number of benzene rings is 2. The average molecular weight is 306 g/mol. The van der Waals surface area contributed by atoms with E-state index in [0.717, 1.165) is 23.5 Å². The normalized spacial score (nSPS) is 12.0. The van der Waals surface area contributed by atoms with Crippen LogP contribution in [0.3, 0.4) is 0 Å². The topological polar surface area (TPSA) is 32.7 Å². The fourth-order valence-electron chi connectivity index (χ4n) is 2.19. The highest BCUT2D eigenvalue weighted by molar-refractivity contribution is 6.31. The molecule has 1 atom stereocenters. The van der Waals surface area contributed by atoms with Gasteiger partial charge in [-0.05, 0) is 42.3 Å². The molecule has 0 amide bonds. The van der Waals surface area contributed by atoms with E-state index in [0.29, 0.717) is 5.02 Å². The number of halogens is 1. The summed E-state index contributed by atoms with van der Waals surface area (Å²) in [6.07, 6.45) is -0.557. The van der Waals surface area contributed by atoms with Gasteiger partial charge in [0, 0.05) is 24.3 Å².